The molecule has 2 heterocycles. The van der Waals surface area contributed by atoms with Gasteiger partial charge in [0.2, 0.25) is 5.89 Å². The number of fused-ring (bicyclic) bond motifs is 3. The number of carbonyl (C=O) groups is 1. The van der Waals surface area contributed by atoms with Crippen molar-refractivity contribution in [3.63, 3.8) is 0 Å². The Morgan fingerprint density at radius 1 is 0.893 bits per heavy atom. The van der Waals surface area contributed by atoms with Crippen molar-refractivity contribution in [2.24, 2.45) is 7.05 Å². The van der Waals surface area contributed by atoms with Gasteiger partial charge in [-0.05, 0) is 24.3 Å². The second kappa shape index (κ2) is 7.36. The average molecular weight is 370 g/mol. The number of aryl methyl sites for hydroxylation is 1. The van der Waals surface area contributed by atoms with Crippen LogP contribution in [0.2, 0.25) is 0 Å². The molecule has 28 heavy (non-hydrogen) atoms. The van der Waals surface area contributed by atoms with E-state index in [-0.39, 0.29) is 6.01 Å². The second-order valence-corrected chi connectivity index (χ2v) is 6.25. The maximum atomic E-state index is 11.0. The van der Waals surface area contributed by atoms with E-state index in [9.17, 15) is 4.79 Å². The number of nitrogens with two attached hydrogens (primary N) is 1. The van der Waals surface area contributed by atoms with E-state index in [0.29, 0.717) is 5.89 Å². The summed E-state index contributed by atoms with van der Waals surface area (Å²) < 4.78 is 7.10. The minimum absolute atomic E-state index is 0.0915. The quantitative estimate of drug-likeness (QED) is 0.464. The van der Waals surface area contributed by atoms with Crippen LogP contribution >= 0.6 is 0 Å². The first-order valence-electron chi connectivity index (χ1n) is 8.74. The highest BCUT2D eigenvalue weighted by Gasteiger charge is 2.10. The van der Waals surface area contributed by atoms with Crippen LogP contribution in [0, 0.1) is 0 Å². The Labute approximate surface area is 161 Å². The highest BCUT2D eigenvalue weighted by atomic mass is 16.4. The molecular weight excluding hydrogens is 352 g/mol. The first kappa shape index (κ1) is 17.5. The van der Waals surface area contributed by atoms with E-state index >= 15 is 0 Å². The molecule has 0 radical (unpaired) electrons. The van der Waals surface area contributed by atoms with E-state index in [4.69, 9.17) is 10.2 Å². The Hall–Kier alpha value is -3.93. The first-order valence-corrected chi connectivity index (χ1v) is 8.74. The molecule has 0 unspecified atom stereocenters. The fourth-order valence-electron chi connectivity index (χ4n) is 3.29. The summed E-state index contributed by atoms with van der Waals surface area (Å²) in [4.78, 5) is 11.0. The lowest BCUT2D eigenvalue weighted by atomic mass is 10.1. The number of anilines is 1. The number of aldehydes is 1. The van der Waals surface area contributed by atoms with Gasteiger partial charge in [-0.3, -0.25) is 4.79 Å². The summed E-state index contributed by atoms with van der Waals surface area (Å²) in [7, 11) is 2.00. The minimum Gasteiger partial charge on any atom is -0.404 e. The summed E-state index contributed by atoms with van der Waals surface area (Å²) in [5.74, 6) is 0.452. The Kier molecular flexibility index (Phi) is 4.60. The zero-order chi connectivity index (χ0) is 19.5. The van der Waals surface area contributed by atoms with Gasteiger partial charge in [-0.1, -0.05) is 53.6 Å². The van der Waals surface area contributed by atoms with Gasteiger partial charge in [0.15, 0.2) is 6.29 Å². The van der Waals surface area contributed by atoms with E-state index in [2.05, 4.69) is 33.0 Å². The van der Waals surface area contributed by atoms with Crippen molar-refractivity contribution in [1.82, 2.24) is 14.8 Å². The SMILES string of the molecule is Cn1c2ccccc2c2cccc(C=O)c21.Nc1nnc(-c2ccccc2)o1. The molecule has 2 N–H and O–H groups in total. The zero-order valence-electron chi connectivity index (χ0n) is 15.2. The summed E-state index contributed by atoms with van der Waals surface area (Å²) in [6, 6.07) is 23.6. The maximum absolute atomic E-state index is 11.0. The van der Waals surface area contributed by atoms with Crippen molar-refractivity contribution in [3.8, 4) is 11.5 Å². The van der Waals surface area contributed by atoms with Gasteiger partial charge in [0.25, 0.3) is 0 Å². The normalized spacial score (nSPS) is 10.6. The molecule has 0 aliphatic rings. The summed E-state index contributed by atoms with van der Waals surface area (Å²) in [6.07, 6.45) is 0.918. The van der Waals surface area contributed by atoms with E-state index in [0.717, 1.165) is 33.8 Å². The monoisotopic (exact) mass is 370 g/mol. The number of para-hydroxylation sites is 2. The fraction of sp³-hybridized carbons (Fsp3) is 0.0455. The third-order valence-electron chi connectivity index (χ3n) is 4.55. The molecule has 0 saturated heterocycles. The molecule has 0 aliphatic carbocycles. The highest BCUT2D eigenvalue weighted by Crippen LogP contribution is 2.29. The van der Waals surface area contributed by atoms with Crippen LogP contribution in [0.5, 0.6) is 0 Å². The Balaban J connectivity index is 0.000000143. The lowest BCUT2D eigenvalue weighted by Crippen LogP contribution is -1.90. The van der Waals surface area contributed by atoms with Crippen molar-refractivity contribution in [1.29, 1.82) is 0 Å². The third-order valence-corrected chi connectivity index (χ3v) is 4.55. The topological polar surface area (TPSA) is 86.9 Å². The standard InChI is InChI=1S/C14H11NO.C8H7N3O/c1-15-13-8-3-2-6-11(13)12-7-4-5-10(9-16)14(12)15;9-8-11-10-7(12-8)6-4-2-1-3-5-6/h2-9H,1H3;1-5H,(H2,9,11). The number of hydrogen-bond donors (Lipinski definition) is 1. The molecule has 0 aliphatic heterocycles. The smallest absolute Gasteiger partial charge is 0.313 e. The Bertz CT molecular complexity index is 1260. The maximum Gasteiger partial charge on any atom is 0.313 e. The number of aromatic nitrogens is 3. The van der Waals surface area contributed by atoms with Crippen LogP contribution < -0.4 is 5.73 Å². The van der Waals surface area contributed by atoms with E-state index in [1.54, 1.807) is 0 Å². The number of nitrogens with zero attached hydrogens (tertiary/aromatic N) is 3. The van der Waals surface area contributed by atoms with Crippen molar-refractivity contribution < 1.29 is 9.21 Å². The summed E-state index contributed by atoms with van der Waals surface area (Å²) in [5, 5.41) is 9.64. The van der Waals surface area contributed by atoms with E-state index < -0.39 is 0 Å². The largest absolute Gasteiger partial charge is 0.404 e. The predicted molar refractivity (Wildman–Crippen MR) is 110 cm³/mol. The molecule has 0 fully saturated rings. The second-order valence-electron chi connectivity index (χ2n) is 6.25. The van der Waals surface area contributed by atoms with Gasteiger partial charge in [-0.25, -0.2) is 0 Å². The van der Waals surface area contributed by atoms with Crippen molar-refractivity contribution >= 4 is 34.1 Å². The van der Waals surface area contributed by atoms with Gasteiger partial charge in [0.05, 0.1) is 5.52 Å². The van der Waals surface area contributed by atoms with E-state index in [1.165, 1.54) is 5.39 Å². The molecular formula is C22H18N4O2. The van der Waals surface area contributed by atoms with Gasteiger partial charge < -0.3 is 14.7 Å². The number of rotatable bonds is 2. The zero-order valence-corrected chi connectivity index (χ0v) is 15.2. The Morgan fingerprint density at radius 2 is 1.61 bits per heavy atom. The van der Waals surface area contributed by atoms with Gasteiger partial charge in [-0.2, -0.15) is 0 Å². The molecule has 3 aromatic carbocycles. The van der Waals surface area contributed by atoms with Crippen molar-refractivity contribution in [2.45, 2.75) is 0 Å². The average Bonchev–Trinajstić information content (AvgIpc) is 3.31. The van der Waals surface area contributed by atoms with Crippen LogP contribution in [-0.4, -0.2) is 21.1 Å². The Morgan fingerprint density at radius 3 is 2.32 bits per heavy atom. The molecule has 5 rings (SSSR count). The van der Waals surface area contributed by atoms with Crippen LogP contribution in [0.1, 0.15) is 10.4 Å². The predicted octanol–water partition coefficient (Wildman–Crippen LogP) is 4.46. The van der Waals surface area contributed by atoms with Crippen LogP contribution in [0.4, 0.5) is 6.01 Å². The highest BCUT2D eigenvalue weighted by molar-refractivity contribution is 6.12. The van der Waals surface area contributed by atoms with Crippen LogP contribution in [0.15, 0.2) is 77.2 Å². The lowest BCUT2D eigenvalue weighted by molar-refractivity contribution is 0.112. The lowest BCUT2D eigenvalue weighted by Gasteiger charge is -1.99. The number of hydrogen-bond acceptors (Lipinski definition) is 5. The van der Waals surface area contributed by atoms with Crippen molar-refractivity contribution in [2.75, 3.05) is 5.73 Å². The number of benzene rings is 3. The number of carbonyl (C=O) groups excluding carboxylic acids is 1. The molecule has 2 aromatic heterocycles. The molecule has 0 amide bonds. The van der Waals surface area contributed by atoms with Gasteiger partial charge in [-0.15, -0.1) is 5.10 Å². The van der Waals surface area contributed by atoms with Gasteiger partial charge >= 0.3 is 6.01 Å². The molecule has 0 spiro atoms. The van der Waals surface area contributed by atoms with Crippen LogP contribution in [0.3, 0.4) is 0 Å². The molecule has 0 saturated carbocycles. The minimum atomic E-state index is 0.0915. The molecule has 0 bridgehead atoms. The molecule has 6 nitrogen and oxygen atoms in total. The van der Waals surface area contributed by atoms with E-state index in [1.807, 2.05) is 61.6 Å². The van der Waals surface area contributed by atoms with Crippen molar-refractivity contribution in [3.05, 3.63) is 78.4 Å². The third kappa shape index (κ3) is 3.12. The first-order chi connectivity index (χ1) is 13.7. The summed E-state index contributed by atoms with van der Waals surface area (Å²) in [6.45, 7) is 0. The molecule has 138 valence electrons. The fourth-order valence-corrected chi connectivity index (χ4v) is 3.29. The van der Waals surface area contributed by atoms with Crippen LogP contribution in [-0.2, 0) is 7.05 Å². The summed E-state index contributed by atoms with van der Waals surface area (Å²) in [5.41, 5.74) is 9.07. The van der Waals surface area contributed by atoms with Gasteiger partial charge in [0.1, 0.15) is 0 Å². The van der Waals surface area contributed by atoms with Crippen LogP contribution in [0.25, 0.3) is 33.3 Å². The molecule has 6 heteroatoms. The number of nitrogen functional groups attached to an aromatic ring is 1. The summed E-state index contributed by atoms with van der Waals surface area (Å²) >= 11 is 0. The molecule has 5 aromatic rings. The molecule has 0 atom stereocenters. The van der Waals surface area contributed by atoms with Gasteiger partial charge in [0, 0.05) is 34.5 Å².